The molecule has 0 aromatic heterocycles. The number of amides is 1. The van der Waals surface area contributed by atoms with Gasteiger partial charge in [0.15, 0.2) is 0 Å². The van der Waals surface area contributed by atoms with Crippen molar-refractivity contribution in [2.45, 2.75) is 25.1 Å². The van der Waals surface area contributed by atoms with Crippen LogP contribution in [0.5, 0.6) is 0 Å². The monoisotopic (exact) mass is 306 g/mol. The standard InChI is InChI=1S/C12H10F4N2O3/c13-9-4-1-7(5-10(9)18(20)21)11(19)17(8-2-3-8)6-12(14,15)16/h1,4-5,8H,2-3,6H2. The van der Waals surface area contributed by atoms with Gasteiger partial charge in [-0.3, -0.25) is 14.9 Å². The van der Waals surface area contributed by atoms with Crippen LogP contribution in [-0.4, -0.2) is 34.5 Å². The molecule has 0 radical (unpaired) electrons. The Labute approximate surface area is 116 Å². The van der Waals surface area contributed by atoms with Crippen molar-refractivity contribution < 1.29 is 27.3 Å². The molecule has 0 aliphatic heterocycles. The van der Waals surface area contributed by atoms with Crippen LogP contribution in [0, 0.1) is 15.9 Å². The molecule has 1 amide bonds. The lowest BCUT2D eigenvalue weighted by molar-refractivity contribution is -0.387. The highest BCUT2D eigenvalue weighted by atomic mass is 19.4. The van der Waals surface area contributed by atoms with Crippen LogP contribution in [0.15, 0.2) is 18.2 Å². The van der Waals surface area contributed by atoms with Crippen molar-refractivity contribution in [1.29, 1.82) is 0 Å². The van der Waals surface area contributed by atoms with Crippen LogP contribution in [-0.2, 0) is 0 Å². The first-order valence-corrected chi connectivity index (χ1v) is 6.00. The van der Waals surface area contributed by atoms with E-state index in [1.165, 1.54) is 0 Å². The summed E-state index contributed by atoms with van der Waals surface area (Å²) in [5, 5.41) is 10.6. The van der Waals surface area contributed by atoms with Crippen LogP contribution in [0.4, 0.5) is 23.2 Å². The first kappa shape index (κ1) is 15.2. The van der Waals surface area contributed by atoms with Gasteiger partial charge in [0.1, 0.15) is 6.54 Å². The normalized spacial score (nSPS) is 14.9. The number of hydrogen-bond donors (Lipinski definition) is 0. The van der Waals surface area contributed by atoms with E-state index >= 15 is 0 Å². The fourth-order valence-electron chi connectivity index (χ4n) is 1.90. The second-order valence-corrected chi connectivity index (χ2v) is 4.70. The lowest BCUT2D eigenvalue weighted by atomic mass is 10.1. The van der Waals surface area contributed by atoms with Gasteiger partial charge in [-0.25, -0.2) is 0 Å². The largest absolute Gasteiger partial charge is 0.406 e. The van der Waals surface area contributed by atoms with Gasteiger partial charge < -0.3 is 4.90 Å². The number of carbonyl (C=O) groups is 1. The lowest BCUT2D eigenvalue weighted by Gasteiger charge is -2.23. The summed E-state index contributed by atoms with van der Waals surface area (Å²) < 4.78 is 50.6. The van der Waals surface area contributed by atoms with Crippen LogP contribution in [0.3, 0.4) is 0 Å². The summed E-state index contributed by atoms with van der Waals surface area (Å²) in [6.45, 7) is -1.43. The van der Waals surface area contributed by atoms with Gasteiger partial charge in [0.25, 0.3) is 5.91 Å². The van der Waals surface area contributed by atoms with Crippen molar-refractivity contribution in [3.8, 4) is 0 Å². The van der Waals surface area contributed by atoms with Crippen molar-refractivity contribution in [2.75, 3.05) is 6.54 Å². The highest BCUT2D eigenvalue weighted by Crippen LogP contribution is 2.32. The molecule has 0 saturated heterocycles. The summed E-state index contributed by atoms with van der Waals surface area (Å²) in [7, 11) is 0. The van der Waals surface area contributed by atoms with Crippen molar-refractivity contribution in [1.82, 2.24) is 4.90 Å². The van der Waals surface area contributed by atoms with E-state index in [4.69, 9.17) is 0 Å². The Bertz CT molecular complexity index is 584. The van der Waals surface area contributed by atoms with Gasteiger partial charge in [-0.05, 0) is 25.0 Å². The second-order valence-electron chi connectivity index (χ2n) is 4.70. The Kier molecular flexibility index (Phi) is 3.84. The third kappa shape index (κ3) is 3.67. The van der Waals surface area contributed by atoms with Gasteiger partial charge in [-0.2, -0.15) is 17.6 Å². The van der Waals surface area contributed by atoms with Crippen LogP contribution >= 0.6 is 0 Å². The van der Waals surface area contributed by atoms with Crippen LogP contribution in [0.25, 0.3) is 0 Å². The molecule has 1 aromatic carbocycles. The van der Waals surface area contributed by atoms with E-state index in [9.17, 15) is 32.5 Å². The van der Waals surface area contributed by atoms with E-state index in [2.05, 4.69) is 0 Å². The Morgan fingerprint density at radius 2 is 2.00 bits per heavy atom. The molecule has 0 atom stereocenters. The highest BCUT2D eigenvalue weighted by molar-refractivity contribution is 5.95. The van der Waals surface area contributed by atoms with Gasteiger partial charge in [-0.15, -0.1) is 0 Å². The Morgan fingerprint density at radius 3 is 2.48 bits per heavy atom. The van der Waals surface area contributed by atoms with E-state index in [-0.39, 0.29) is 5.56 Å². The predicted molar refractivity (Wildman–Crippen MR) is 63.2 cm³/mol. The first-order chi connectivity index (χ1) is 9.69. The smallest absolute Gasteiger partial charge is 0.327 e. The molecule has 2 rings (SSSR count). The third-order valence-electron chi connectivity index (χ3n) is 2.99. The first-order valence-electron chi connectivity index (χ1n) is 6.00. The molecular weight excluding hydrogens is 296 g/mol. The number of carbonyl (C=O) groups excluding carboxylic acids is 1. The van der Waals surface area contributed by atoms with Crippen LogP contribution in [0.1, 0.15) is 23.2 Å². The van der Waals surface area contributed by atoms with E-state index < -0.39 is 41.1 Å². The van der Waals surface area contributed by atoms with Gasteiger partial charge >= 0.3 is 11.9 Å². The maximum Gasteiger partial charge on any atom is 0.406 e. The molecule has 0 unspecified atom stereocenters. The molecule has 0 N–H and O–H groups in total. The molecular formula is C12H10F4N2O3. The topological polar surface area (TPSA) is 63.4 Å². The number of nitro benzene ring substituents is 1. The number of alkyl halides is 3. The summed E-state index contributed by atoms with van der Waals surface area (Å²) in [5.74, 6) is -2.14. The molecule has 0 heterocycles. The number of rotatable bonds is 4. The zero-order valence-electron chi connectivity index (χ0n) is 10.6. The van der Waals surface area contributed by atoms with E-state index in [0.29, 0.717) is 29.9 Å². The zero-order valence-corrected chi connectivity index (χ0v) is 10.6. The summed E-state index contributed by atoms with van der Waals surface area (Å²) in [4.78, 5) is 22.3. The van der Waals surface area contributed by atoms with Crippen molar-refractivity contribution >= 4 is 11.6 Å². The maximum absolute atomic E-state index is 13.2. The van der Waals surface area contributed by atoms with Crippen molar-refractivity contribution in [3.63, 3.8) is 0 Å². The molecule has 1 saturated carbocycles. The van der Waals surface area contributed by atoms with Crippen molar-refractivity contribution in [3.05, 3.63) is 39.7 Å². The molecule has 0 bridgehead atoms. The Hall–Kier alpha value is -2.19. The highest BCUT2D eigenvalue weighted by Gasteiger charge is 2.41. The van der Waals surface area contributed by atoms with Gasteiger partial charge in [0, 0.05) is 17.7 Å². The van der Waals surface area contributed by atoms with E-state index in [0.717, 1.165) is 6.07 Å². The van der Waals surface area contributed by atoms with Gasteiger partial charge in [0.2, 0.25) is 5.82 Å². The molecule has 9 heteroatoms. The zero-order chi connectivity index (χ0) is 15.8. The second kappa shape index (κ2) is 5.30. The number of benzene rings is 1. The number of nitro groups is 1. The molecule has 0 spiro atoms. The number of nitrogens with zero attached hydrogens (tertiary/aromatic N) is 2. The number of halogens is 4. The Balaban J connectivity index is 2.29. The van der Waals surface area contributed by atoms with E-state index in [1.807, 2.05) is 0 Å². The molecule has 1 aromatic rings. The summed E-state index contributed by atoms with van der Waals surface area (Å²) in [6.07, 6.45) is -3.67. The summed E-state index contributed by atoms with van der Waals surface area (Å²) >= 11 is 0. The SMILES string of the molecule is O=C(c1ccc(F)c([N+](=O)[O-])c1)N(CC(F)(F)F)C1CC1. The average Bonchev–Trinajstić information content (AvgIpc) is 3.18. The molecule has 1 fully saturated rings. The molecule has 5 nitrogen and oxygen atoms in total. The fraction of sp³-hybridized carbons (Fsp3) is 0.417. The molecule has 114 valence electrons. The predicted octanol–water partition coefficient (Wildman–Crippen LogP) is 2.90. The fourth-order valence-corrected chi connectivity index (χ4v) is 1.90. The summed E-state index contributed by atoms with van der Waals surface area (Å²) in [5.41, 5.74) is -1.28. The minimum absolute atomic E-state index is 0.334. The van der Waals surface area contributed by atoms with Gasteiger partial charge in [0.05, 0.1) is 4.92 Å². The van der Waals surface area contributed by atoms with E-state index in [1.54, 1.807) is 0 Å². The van der Waals surface area contributed by atoms with Crippen molar-refractivity contribution in [2.24, 2.45) is 0 Å². The minimum atomic E-state index is -4.57. The average molecular weight is 306 g/mol. The molecule has 21 heavy (non-hydrogen) atoms. The third-order valence-corrected chi connectivity index (χ3v) is 2.99. The van der Waals surface area contributed by atoms with Gasteiger partial charge in [-0.1, -0.05) is 0 Å². The minimum Gasteiger partial charge on any atom is -0.327 e. The molecule has 1 aliphatic carbocycles. The van der Waals surface area contributed by atoms with Crippen LogP contribution in [0.2, 0.25) is 0 Å². The lowest BCUT2D eigenvalue weighted by Crippen LogP contribution is -2.40. The maximum atomic E-state index is 13.2. The van der Waals surface area contributed by atoms with Crippen LogP contribution < -0.4 is 0 Å². The Morgan fingerprint density at radius 1 is 1.38 bits per heavy atom. The summed E-state index contributed by atoms with van der Waals surface area (Å²) in [6, 6.07) is 1.77. The quantitative estimate of drug-likeness (QED) is 0.488. The molecule has 1 aliphatic rings. The number of hydrogen-bond acceptors (Lipinski definition) is 3.